The van der Waals surface area contributed by atoms with E-state index in [-0.39, 0.29) is 11.3 Å². The zero-order chi connectivity index (χ0) is 13.0. The number of benzene rings is 1. The summed E-state index contributed by atoms with van der Waals surface area (Å²) in [6, 6.07) is 9.35. The number of hydrogen-bond acceptors (Lipinski definition) is 3. The second-order valence-electron chi connectivity index (χ2n) is 5.09. The third-order valence-electron chi connectivity index (χ3n) is 3.02. The summed E-state index contributed by atoms with van der Waals surface area (Å²) in [7, 11) is 0. The number of para-hydroxylation sites is 1. The van der Waals surface area contributed by atoms with Crippen molar-refractivity contribution in [1.29, 1.82) is 0 Å². The zero-order valence-corrected chi connectivity index (χ0v) is 10.8. The summed E-state index contributed by atoms with van der Waals surface area (Å²) in [5.74, 6) is 0.616. The third-order valence-corrected chi connectivity index (χ3v) is 3.02. The van der Waals surface area contributed by atoms with Gasteiger partial charge in [-0.25, -0.2) is 0 Å². The predicted octanol–water partition coefficient (Wildman–Crippen LogP) is 1.61. The highest BCUT2D eigenvalue weighted by Gasteiger charge is 2.34. The van der Waals surface area contributed by atoms with Gasteiger partial charge in [-0.2, -0.15) is 0 Å². The van der Waals surface area contributed by atoms with E-state index in [1.54, 1.807) is 6.92 Å². The van der Waals surface area contributed by atoms with E-state index in [9.17, 15) is 4.79 Å². The van der Waals surface area contributed by atoms with Crippen LogP contribution in [0.25, 0.3) is 0 Å². The molecule has 1 unspecified atom stereocenters. The number of rotatable bonds is 5. The molecule has 0 saturated carbocycles. The number of hydrogen-bond donors (Lipinski definition) is 1. The second-order valence-corrected chi connectivity index (χ2v) is 5.09. The van der Waals surface area contributed by atoms with Crippen LogP contribution in [0.5, 0.6) is 5.75 Å². The van der Waals surface area contributed by atoms with E-state index in [2.05, 4.69) is 12.2 Å². The Morgan fingerprint density at radius 1 is 1.44 bits per heavy atom. The number of carbonyl (C=O) groups is 1. The molecule has 4 heteroatoms. The Labute approximate surface area is 107 Å². The minimum absolute atomic E-state index is 0.0854. The molecule has 0 bridgehead atoms. The lowest BCUT2D eigenvalue weighted by molar-refractivity contribution is -0.132. The van der Waals surface area contributed by atoms with Crippen LogP contribution in [-0.4, -0.2) is 31.8 Å². The molecule has 4 nitrogen and oxygen atoms in total. The van der Waals surface area contributed by atoms with Crippen LogP contribution in [0.1, 0.15) is 13.8 Å². The van der Waals surface area contributed by atoms with Crippen LogP contribution in [0, 0.1) is 5.41 Å². The van der Waals surface area contributed by atoms with E-state index in [0.717, 1.165) is 0 Å². The van der Waals surface area contributed by atoms with Crippen molar-refractivity contribution >= 4 is 5.91 Å². The number of carbonyl (C=O) groups excluding carboxylic acids is 1. The first-order valence-electron chi connectivity index (χ1n) is 6.16. The van der Waals surface area contributed by atoms with Crippen molar-refractivity contribution in [3.63, 3.8) is 0 Å². The molecule has 1 aliphatic rings. The lowest BCUT2D eigenvalue weighted by atomic mass is 9.89. The normalized spacial score (nSPS) is 18.6. The lowest BCUT2D eigenvalue weighted by Crippen LogP contribution is -2.50. The highest BCUT2D eigenvalue weighted by molar-refractivity contribution is 5.80. The van der Waals surface area contributed by atoms with Crippen LogP contribution < -0.4 is 10.1 Å². The molecule has 18 heavy (non-hydrogen) atoms. The molecule has 2 rings (SSSR count). The SMILES string of the molecule is CC(Oc1ccccc1)C(=O)NCC1(C)COC1. The van der Waals surface area contributed by atoms with Gasteiger partial charge in [0.15, 0.2) is 6.10 Å². The first kappa shape index (κ1) is 12.9. The quantitative estimate of drug-likeness (QED) is 0.862. The Bertz CT molecular complexity index is 401. The van der Waals surface area contributed by atoms with E-state index >= 15 is 0 Å². The van der Waals surface area contributed by atoms with Crippen LogP contribution in [-0.2, 0) is 9.53 Å². The number of nitrogens with one attached hydrogen (secondary N) is 1. The zero-order valence-electron chi connectivity index (χ0n) is 10.8. The molecule has 1 aromatic rings. The van der Waals surface area contributed by atoms with Gasteiger partial charge < -0.3 is 14.8 Å². The summed E-state index contributed by atoms with van der Waals surface area (Å²) >= 11 is 0. The molecule has 98 valence electrons. The van der Waals surface area contributed by atoms with Crippen LogP contribution in [0.3, 0.4) is 0 Å². The highest BCUT2D eigenvalue weighted by atomic mass is 16.5. The first-order valence-corrected chi connectivity index (χ1v) is 6.16. The molecule has 0 aliphatic carbocycles. The predicted molar refractivity (Wildman–Crippen MR) is 68.5 cm³/mol. The molecule has 1 aromatic carbocycles. The third kappa shape index (κ3) is 3.23. The Morgan fingerprint density at radius 3 is 2.67 bits per heavy atom. The Hall–Kier alpha value is -1.55. The van der Waals surface area contributed by atoms with Crippen molar-refractivity contribution in [3.8, 4) is 5.75 Å². The molecule has 1 aliphatic heterocycles. The van der Waals surface area contributed by atoms with Gasteiger partial charge in [-0.15, -0.1) is 0 Å². The Morgan fingerprint density at radius 2 is 2.11 bits per heavy atom. The highest BCUT2D eigenvalue weighted by Crippen LogP contribution is 2.25. The van der Waals surface area contributed by atoms with Crippen LogP contribution in [0.4, 0.5) is 0 Å². The van der Waals surface area contributed by atoms with E-state index in [0.29, 0.717) is 25.5 Å². The molecule has 1 heterocycles. The monoisotopic (exact) mass is 249 g/mol. The van der Waals surface area contributed by atoms with Gasteiger partial charge in [-0.1, -0.05) is 25.1 Å². The molecule has 1 fully saturated rings. The van der Waals surface area contributed by atoms with Crippen molar-refractivity contribution < 1.29 is 14.3 Å². The topological polar surface area (TPSA) is 47.6 Å². The van der Waals surface area contributed by atoms with Gasteiger partial charge in [0.05, 0.1) is 13.2 Å². The molecule has 1 atom stereocenters. The fourth-order valence-corrected chi connectivity index (χ4v) is 1.75. The van der Waals surface area contributed by atoms with Gasteiger partial charge in [0.2, 0.25) is 0 Å². The minimum Gasteiger partial charge on any atom is -0.481 e. The van der Waals surface area contributed by atoms with Crippen molar-refractivity contribution in [3.05, 3.63) is 30.3 Å². The molecular weight excluding hydrogens is 230 g/mol. The Balaban J connectivity index is 1.78. The first-order chi connectivity index (χ1) is 8.59. The van der Waals surface area contributed by atoms with Crippen LogP contribution in [0.15, 0.2) is 30.3 Å². The maximum atomic E-state index is 11.9. The summed E-state index contributed by atoms with van der Waals surface area (Å²) in [5.41, 5.74) is 0.0854. The number of ether oxygens (including phenoxy) is 2. The van der Waals surface area contributed by atoms with Gasteiger partial charge in [0.1, 0.15) is 5.75 Å². The van der Waals surface area contributed by atoms with Crippen LogP contribution in [0.2, 0.25) is 0 Å². The molecule has 0 aromatic heterocycles. The van der Waals surface area contributed by atoms with Gasteiger partial charge >= 0.3 is 0 Å². The minimum atomic E-state index is -0.489. The molecule has 0 radical (unpaired) electrons. The standard InChI is InChI=1S/C14H19NO3/c1-11(18-12-6-4-3-5-7-12)13(16)15-8-14(2)9-17-10-14/h3-7,11H,8-10H2,1-2H3,(H,15,16). The van der Waals surface area contributed by atoms with Crippen molar-refractivity contribution in [2.24, 2.45) is 5.41 Å². The summed E-state index contributed by atoms with van der Waals surface area (Å²) in [6.07, 6.45) is -0.489. The molecule has 1 saturated heterocycles. The van der Waals surface area contributed by atoms with Crippen molar-refractivity contribution in [2.45, 2.75) is 20.0 Å². The van der Waals surface area contributed by atoms with E-state index < -0.39 is 6.10 Å². The summed E-state index contributed by atoms with van der Waals surface area (Å²) in [4.78, 5) is 11.9. The maximum absolute atomic E-state index is 11.9. The molecule has 0 spiro atoms. The number of amides is 1. The smallest absolute Gasteiger partial charge is 0.260 e. The van der Waals surface area contributed by atoms with Gasteiger partial charge in [-0.05, 0) is 19.1 Å². The summed E-state index contributed by atoms with van der Waals surface area (Å²) < 4.78 is 10.7. The Kier molecular flexibility index (Phi) is 3.87. The van der Waals surface area contributed by atoms with Gasteiger partial charge in [0.25, 0.3) is 5.91 Å². The largest absolute Gasteiger partial charge is 0.481 e. The lowest BCUT2D eigenvalue weighted by Gasteiger charge is -2.38. The van der Waals surface area contributed by atoms with Gasteiger partial charge in [-0.3, -0.25) is 4.79 Å². The summed E-state index contributed by atoms with van der Waals surface area (Å²) in [5, 5.41) is 2.90. The second kappa shape index (κ2) is 5.40. The van der Waals surface area contributed by atoms with Gasteiger partial charge in [0, 0.05) is 12.0 Å². The summed E-state index contributed by atoms with van der Waals surface area (Å²) in [6.45, 7) is 5.90. The van der Waals surface area contributed by atoms with E-state index in [4.69, 9.17) is 9.47 Å². The fourth-order valence-electron chi connectivity index (χ4n) is 1.75. The fraction of sp³-hybridized carbons (Fsp3) is 0.500. The maximum Gasteiger partial charge on any atom is 0.260 e. The van der Waals surface area contributed by atoms with E-state index in [1.807, 2.05) is 30.3 Å². The molecule has 1 N–H and O–H groups in total. The molecular formula is C14H19NO3. The average Bonchev–Trinajstić information content (AvgIpc) is 2.34. The van der Waals surface area contributed by atoms with Crippen molar-refractivity contribution in [2.75, 3.05) is 19.8 Å². The average molecular weight is 249 g/mol. The van der Waals surface area contributed by atoms with E-state index in [1.165, 1.54) is 0 Å². The molecule has 1 amide bonds. The van der Waals surface area contributed by atoms with Crippen molar-refractivity contribution in [1.82, 2.24) is 5.32 Å². The van der Waals surface area contributed by atoms with Crippen LogP contribution >= 0.6 is 0 Å².